The van der Waals surface area contributed by atoms with Crippen molar-refractivity contribution in [2.75, 3.05) is 0 Å². The molecule has 0 fully saturated rings. The van der Waals surface area contributed by atoms with Crippen molar-refractivity contribution < 1.29 is 23.3 Å². The Hall–Kier alpha value is -2.02. The van der Waals surface area contributed by atoms with Gasteiger partial charge in [0.2, 0.25) is 0 Å². The summed E-state index contributed by atoms with van der Waals surface area (Å²) in [6.07, 6.45) is 6.81. The summed E-state index contributed by atoms with van der Waals surface area (Å²) >= 11 is 1.36. The second kappa shape index (κ2) is 29.4. The Bertz CT molecular complexity index is 1420. The van der Waals surface area contributed by atoms with E-state index in [1.165, 1.54) is 91.1 Å². The number of fused-ring (bicyclic) bond motifs is 2. The molecule has 0 amide bonds. The molecule has 2 radical (unpaired) electrons. The molecule has 0 aliphatic rings. The first kappa shape index (κ1) is 51.1. The van der Waals surface area contributed by atoms with Crippen molar-refractivity contribution in [1.82, 2.24) is 0 Å². The largest absolute Gasteiger partial charge is 0.184 e. The van der Waals surface area contributed by atoms with Crippen molar-refractivity contribution >= 4 is 28.4 Å². The summed E-state index contributed by atoms with van der Waals surface area (Å²) in [6, 6.07) is 31.5. The third kappa shape index (κ3) is 18.5. The second-order valence-electron chi connectivity index (χ2n) is 14.1. The predicted octanol–water partition coefficient (Wildman–Crippen LogP) is 15.5. The van der Waals surface area contributed by atoms with E-state index in [0.717, 1.165) is 25.7 Å². The van der Waals surface area contributed by atoms with Crippen molar-refractivity contribution in [3.8, 4) is 0 Å². The van der Waals surface area contributed by atoms with Crippen molar-refractivity contribution in [2.45, 2.75) is 145 Å². The molecule has 5 rings (SSSR count). The van der Waals surface area contributed by atoms with Crippen LogP contribution in [-0.2, 0) is 36.2 Å². The SMILES string of the molecule is CCc1cc2c(C(C)C)cc(C(C)C)cc2[cH-]1.CCc1cc2c(C(C)C)cc(C(C)C)cc2[cH-]1.[CH2-]CCC.[CH2-]CCC.[CH3-].[Si]=[Zr].[c-]1ccccc1. The number of benzene rings is 3. The second-order valence-corrected chi connectivity index (χ2v) is 14.1. The maximum atomic E-state index is 3.60. The van der Waals surface area contributed by atoms with Gasteiger partial charge in [0.25, 0.3) is 0 Å². The minimum absolute atomic E-state index is 0. The number of hydrogen-bond acceptors (Lipinski definition) is 0. The maximum Gasteiger partial charge on any atom is -0.171 e. The van der Waals surface area contributed by atoms with Gasteiger partial charge in [-0.1, -0.05) is 130 Å². The Morgan fingerprint density at radius 2 is 0.902 bits per heavy atom. The van der Waals surface area contributed by atoms with Crippen molar-refractivity contribution in [3.63, 3.8) is 0 Å². The molecule has 0 aromatic heterocycles. The number of hydrogen-bond donors (Lipinski definition) is 0. The van der Waals surface area contributed by atoms with E-state index < -0.39 is 0 Å². The summed E-state index contributed by atoms with van der Waals surface area (Å²) in [4.78, 5) is 0. The molecule has 0 spiro atoms. The molecule has 0 bridgehead atoms. The molecule has 0 saturated heterocycles. The molecule has 5 aromatic carbocycles. The number of unbranched alkanes of at least 4 members (excludes halogenated alkanes) is 2. The molecule has 0 atom stereocenters. The van der Waals surface area contributed by atoms with Gasteiger partial charge in [-0.05, 0) is 36.5 Å². The molecule has 0 nitrogen and oxygen atoms in total. The molecule has 0 N–H and O–H groups in total. The van der Waals surface area contributed by atoms with E-state index in [1.54, 1.807) is 0 Å². The molecule has 51 heavy (non-hydrogen) atoms. The summed E-state index contributed by atoms with van der Waals surface area (Å²) in [7, 11) is 0. The molecule has 5 aromatic rings. The van der Waals surface area contributed by atoms with Crippen LogP contribution in [0.5, 0.6) is 0 Å². The van der Waals surface area contributed by atoms with Crippen LogP contribution in [0.25, 0.3) is 21.5 Å². The van der Waals surface area contributed by atoms with E-state index in [0.29, 0.717) is 23.7 Å². The summed E-state index contributed by atoms with van der Waals surface area (Å²) in [5.41, 5.74) is 8.87. The molecule has 0 saturated carbocycles. The number of rotatable bonds is 8. The van der Waals surface area contributed by atoms with Crippen LogP contribution in [0.15, 0.2) is 78.9 Å². The van der Waals surface area contributed by atoms with Crippen molar-refractivity contribution in [1.29, 1.82) is 0 Å². The van der Waals surface area contributed by atoms with E-state index >= 15 is 0 Å². The topological polar surface area (TPSA) is 0 Å². The molecule has 0 unspecified atom stereocenters. The minimum atomic E-state index is 0. The molecular weight excluding hydrogens is 708 g/mol. The van der Waals surface area contributed by atoms with Crippen LogP contribution in [0.1, 0.15) is 166 Å². The van der Waals surface area contributed by atoms with Crippen LogP contribution >= 0.6 is 0 Å². The first-order valence-corrected chi connectivity index (χ1v) is 23.3. The summed E-state index contributed by atoms with van der Waals surface area (Å²) in [5.74, 6) is 2.42. The van der Waals surface area contributed by atoms with Gasteiger partial charge in [0.05, 0.1) is 0 Å². The summed E-state index contributed by atoms with van der Waals surface area (Å²) in [5, 5.41) is 5.77. The van der Waals surface area contributed by atoms with Crippen LogP contribution < -0.4 is 0 Å². The fourth-order valence-electron chi connectivity index (χ4n) is 5.24. The van der Waals surface area contributed by atoms with Crippen LogP contribution in [0.4, 0.5) is 0 Å². The van der Waals surface area contributed by atoms with Gasteiger partial charge in [0.15, 0.2) is 0 Å². The fraction of sp³-hybridized carbons (Fsp3) is 0.449. The monoisotopic (exact) mass is 778 g/mol. The minimum Gasteiger partial charge on any atom is -0.184 e. The summed E-state index contributed by atoms with van der Waals surface area (Å²) in [6.45, 7) is 37.2. The Morgan fingerprint density at radius 1 is 0.569 bits per heavy atom. The Morgan fingerprint density at radius 3 is 1.10 bits per heavy atom. The van der Waals surface area contributed by atoms with Crippen molar-refractivity contribution in [2.24, 2.45) is 0 Å². The molecule has 0 heterocycles. The van der Waals surface area contributed by atoms with Gasteiger partial charge in [0, 0.05) is 0 Å². The molecule has 282 valence electrons. The smallest absolute Gasteiger partial charge is 0.171 e. The van der Waals surface area contributed by atoms with E-state index in [2.05, 4.69) is 158 Å². The Labute approximate surface area is 334 Å². The molecule has 0 aliphatic carbocycles. The zero-order valence-corrected chi connectivity index (χ0v) is 38.4. The molecular formula is C49H72SiZr-6. The normalized spacial score (nSPS) is 10.1. The first-order chi connectivity index (χ1) is 23.9. The average Bonchev–Trinajstić information content (AvgIpc) is 3.77. The van der Waals surface area contributed by atoms with E-state index in [1.807, 2.05) is 30.3 Å². The van der Waals surface area contributed by atoms with Gasteiger partial charge in [-0.2, -0.15) is 61.4 Å². The average molecular weight is 780 g/mol. The van der Waals surface area contributed by atoms with E-state index in [4.69, 9.17) is 0 Å². The van der Waals surface area contributed by atoms with Gasteiger partial charge in [0.1, 0.15) is 0 Å². The predicted molar refractivity (Wildman–Crippen MR) is 232 cm³/mol. The zero-order chi connectivity index (χ0) is 38.2. The van der Waals surface area contributed by atoms with Gasteiger partial charge in [-0.15, -0.1) is 56.9 Å². The fourth-order valence-corrected chi connectivity index (χ4v) is 5.24. The van der Waals surface area contributed by atoms with Crippen molar-refractivity contribution in [3.05, 3.63) is 140 Å². The Kier molecular flexibility index (Phi) is 29.5. The van der Waals surface area contributed by atoms with Gasteiger partial charge in [-0.3, -0.25) is 0 Å². The quantitative estimate of drug-likeness (QED) is 0.109. The van der Waals surface area contributed by atoms with Gasteiger partial charge in [-0.25, -0.2) is 0 Å². The van der Waals surface area contributed by atoms with Gasteiger partial charge < -0.3 is 21.3 Å². The van der Waals surface area contributed by atoms with E-state index in [9.17, 15) is 0 Å². The van der Waals surface area contributed by atoms with Crippen LogP contribution in [-0.4, -0.2) is 6.88 Å². The van der Waals surface area contributed by atoms with Crippen LogP contribution in [0, 0.1) is 27.3 Å². The third-order valence-corrected chi connectivity index (χ3v) is 8.58. The standard InChI is InChI=1S/2C17H23.C6H5.2C4H9.CH3.Si.Zr/c2*1-6-13-7-15-9-14(11(2)3)10-16(12(4)5)17(15)8-13;1-2-4-6-5-3-1;2*1-3-4-2;;;/h2*7-12H,6H2,1-5H3;1-5H;2*1,3-4H2,2H3;1H3;;/q6*-1;;. The maximum absolute atomic E-state index is 3.60. The summed E-state index contributed by atoms with van der Waals surface area (Å²) < 4.78 is 0. The molecule has 0 aliphatic heterocycles. The first-order valence-electron chi connectivity index (χ1n) is 19.1. The van der Waals surface area contributed by atoms with Crippen LogP contribution in [0.2, 0.25) is 0 Å². The zero-order valence-electron chi connectivity index (χ0n) is 35.0. The number of aryl methyl sites for hydroxylation is 2. The van der Waals surface area contributed by atoms with E-state index in [-0.39, 0.29) is 7.43 Å². The molecule has 2 heteroatoms. The van der Waals surface area contributed by atoms with Gasteiger partial charge >= 0.3 is 30.2 Å². The third-order valence-electron chi connectivity index (χ3n) is 8.58. The Balaban J connectivity index is 0. The van der Waals surface area contributed by atoms with Crippen LogP contribution in [0.3, 0.4) is 0 Å².